The lowest BCUT2D eigenvalue weighted by molar-refractivity contribution is -0.147. The summed E-state index contributed by atoms with van der Waals surface area (Å²) < 4.78 is 5.31. The molecule has 4 nitrogen and oxygen atoms in total. The number of carbonyl (C=O) groups is 2. The molecule has 0 aliphatic carbocycles. The predicted octanol–water partition coefficient (Wildman–Crippen LogP) is 4.11. The van der Waals surface area contributed by atoms with Crippen LogP contribution in [0.5, 0.6) is 0 Å². The normalized spacial score (nSPS) is 16.4. The molecule has 0 radical (unpaired) electrons. The molecule has 1 saturated heterocycles. The molecule has 0 amide bonds. The first-order valence-corrected chi connectivity index (χ1v) is 9.55. The minimum atomic E-state index is -0.274. The lowest BCUT2D eigenvalue weighted by atomic mass is 10.1. The van der Waals surface area contributed by atoms with Gasteiger partial charge in [-0.3, -0.25) is 14.5 Å². The summed E-state index contributed by atoms with van der Waals surface area (Å²) in [7, 11) is 0. The molecule has 1 unspecified atom stereocenters. The molecule has 0 bridgehead atoms. The van der Waals surface area contributed by atoms with E-state index in [2.05, 4.69) is 11.8 Å². The highest BCUT2D eigenvalue weighted by atomic mass is 16.5. The summed E-state index contributed by atoms with van der Waals surface area (Å²) in [6.07, 6.45) is 12.3. The fourth-order valence-corrected chi connectivity index (χ4v) is 3.22. The number of ether oxygens (including phenoxy) is 1. The van der Waals surface area contributed by atoms with Gasteiger partial charge in [-0.2, -0.15) is 0 Å². The van der Waals surface area contributed by atoms with Crippen LogP contribution < -0.4 is 0 Å². The molecule has 0 aromatic heterocycles. The van der Waals surface area contributed by atoms with Gasteiger partial charge in [-0.05, 0) is 39.3 Å². The van der Waals surface area contributed by atoms with Crippen LogP contribution in [0.1, 0.15) is 84.5 Å². The van der Waals surface area contributed by atoms with E-state index in [4.69, 9.17) is 4.74 Å². The van der Waals surface area contributed by atoms with Crippen molar-refractivity contribution >= 4 is 11.8 Å². The van der Waals surface area contributed by atoms with E-state index < -0.39 is 0 Å². The van der Waals surface area contributed by atoms with Gasteiger partial charge in [0.15, 0.2) is 0 Å². The van der Waals surface area contributed by atoms with E-state index in [1.54, 1.807) is 6.92 Å². The molecule has 0 spiro atoms. The number of rotatable bonds is 13. The number of esters is 1. The summed E-state index contributed by atoms with van der Waals surface area (Å²) in [6, 6.07) is -0.274. The number of carbonyl (C=O) groups excluding carboxylic acids is 2. The molecule has 1 rings (SSSR count). The van der Waals surface area contributed by atoms with Gasteiger partial charge in [-0.1, -0.05) is 51.9 Å². The standard InChI is InChI=1S/C19H35NO3/c1-3-4-5-6-7-8-9-12-15-23-19(22)16-18(17(2)21)20-13-10-11-14-20/h18H,3-16H2,1-2H3. The second-order valence-corrected chi connectivity index (χ2v) is 6.77. The summed E-state index contributed by atoms with van der Waals surface area (Å²) >= 11 is 0. The third kappa shape index (κ3) is 9.09. The first-order valence-electron chi connectivity index (χ1n) is 9.55. The number of likely N-dealkylation sites (tertiary alicyclic amines) is 1. The van der Waals surface area contributed by atoms with Gasteiger partial charge in [0, 0.05) is 0 Å². The van der Waals surface area contributed by atoms with Gasteiger partial charge >= 0.3 is 5.97 Å². The van der Waals surface area contributed by atoms with E-state index >= 15 is 0 Å². The molecular formula is C19H35NO3. The predicted molar refractivity (Wildman–Crippen MR) is 93.5 cm³/mol. The van der Waals surface area contributed by atoms with Crippen LogP contribution in [0.3, 0.4) is 0 Å². The first-order chi connectivity index (χ1) is 11.1. The molecule has 0 aromatic rings. The number of unbranched alkanes of at least 4 members (excludes halogenated alkanes) is 7. The van der Waals surface area contributed by atoms with E-state index in [9.17, 15) is 9.59 Å². The average Bonchev–Trinajstić information content (AvgIpc) is 3.04. The van der Waals surface area contributed by atoms with Crippen molar-refractivity contribution in [3.05, 3.63) is 0 Å². The summed E-state index contributed by atoms with van der Waals surface area (Å²) in [5.41, 5.74) is 0. The first kappa shape index (κ1) is 20.1. The molecule has 0 aromatic carbocycles. The second-order valence-electron chi connectivity index (χ2n) is 6.77. The maximum atomic E-state index is 11.9. The third-order valence-electron chi connectivity index (χ3n) is 4.67. The maximum absolute atomic E-state index is 11.9. The topological polar surface area (TPSA) is 46.6 Å². The summed E-state index contributed by atoms with van der Waals surface area (Å²) in [6.45, 7) is 6.16. The zero-order chi connectivity index (χ0) is 16.9. The van der Waals surface area contributed by atoms with Gasteiger partial charge < -0.3 is 4.74 Å². The zero-order valence-corrected chi connectivity index (χ0v) is 15.1. The Morgan fingerprint density at radius 3 is 2.09 bits per heavy atom. The van der Waals surface area contributed by atoms with E-state index in [0.717, 1.165) is 38.8 Å². The molecule has 1 atom stereocenters. The van der Waals surface area contributed by atoms with E-state index in [1.165, 1.54) is 38.5 Å². The van der Waals surface area contributed by atoms with Crippen LogP contribution in [0.2, 0.25) is 0 Å². The van der Waals surface area contributed by atoms with Crippen molar-refractivity contribution in [3.63, 3.8) is 0 Å². The number of Topliss-reactive ketones (excluding diaryl/α,β-unsaturated/α-hetero) is 1. The molecule has 1 aliphatic rings. The van der Waals surface area contributed by atoms with Crippen molar-refractivity contribution in [2.45, 2.75) is 90.5 Å². The fraction of sp³-hybridized carbons (Fsp3) is 0.895. The molecule has 0 saturated carbocycles. The molecule has 23 heavy (non-hydrogen) atoms. The van der Waals surface area contributed by atoms with Gasteiger partial charge in [0.2, 0.25) is 0 Å². The second kappa shape index (κ2) is 12.5. The number of ketones is 1. The van der Waals surface area contributed by atoms with E-state index in [1.807, 2.05) is 0 Å². The van der Waals surface area contributed by atoms with Crippen molar-refractivity contribution in [2.75, 3.05) is 19.7 Å². The Morgan fingerprint density at radius 2 is 1.52 bits per heavy atom. The summed E-state index contributed by atoms with van der Waals surface area (Å²) in [5.74, 6) is -0.143. The quantitative estimate of drug-likeness (QED) is 0.377. The van der Waals surface area contributed by atoms with E-state index in [0.29, 0.717) is 6.61 Å². The van der Waals surface area contributed by atoms with Gasteiger partial charge in [0.05, 0.1) is 19.1 Å². The lowest BCUT2D eigenvalue weighted by Crippen LogP contribution is -2.40. The van der Waals surface area contributed by atoms with Gasteiger partial charge in [0.1, 0.15) is 5.78 Å². The molecule has 134 valence electrons. The van der Waals surface area contributed by atoms with Crippen molar-refractivity contribution in [3.8, 4) is 0 Å². The van der Waals surface area contributed by atoms with Crippen LogP contribution in [-0.4, -0.2) is 42.4 Å². The maximum Gasteiger partial charge on any atom is 0.307 e. The highest BCUT2D eigenvalue weighted by Gasteiger charge is 2.28. The van der Waals surface area contributed by atoms with Crippen LogP contribution in [0.15, 0.2) is 0 Å². The SMILES string of the molecule is CCCCCCCCCCOC(=O)CC(C(C)=O)N1CCCC1. The smallest absolute Gasteiger partial charge is 0.307 e. The van der Waals surface area contributed by atoms with Gasteiger partial charge in [0.25, 0.3) is 0 Å². The monoisotopic (exact) mass is 325 g/mol. The highest BCUT2D eigenvalue weighted by molar-refractivity contribution is 5.86. The van der Waals surface area contributed by atoms with E-state index in [-0.39, 0.29) is 24.2 Å². The molecular weight excluding hydrogens is 290 g/mol. The van der Waals surface area contributed by atoms with Crippen molar-refractivity contribution in [1.82, 2.24) is 4.90 Å². The number of hydrogen-bond acceptors (Lipinski definition) is 4. The van der Waals surface area contributed by atoms with Crippen LogP contribution in [0, 0.1) is 0 Å². The molecule has 0 N–H and O–H groups in total. The van der Waals surface area contributed by atoms with Crippen molar-refractivity contribution in [1.29, 1.82) is 0 Å². The lowest BCUT2D eigenvalue weighted by Gasteiger charge is -2.24. The number of hydrogen-bond donors (Lipinski definition) is 0. The minimum absolute atomic E-state index is 0.0796. The Morgan fingerprint density at radius 1 is 0.957 bits per heavy atom. The zero-order valence-electron chi connectivity index (χ0n) is 15.1. The van der Waals surface area contributed by atoms with Crippen LogP contribution in [0.4, 0.5) is 0 Å². The van der Waals surface area contributed by atoms with Crippen molar-refractivity contribution in [2.24, 2.45) is 0 Å². The molecule has 4 heteroatoms. The fourth-order valence-electron chi connectivity index (χ4n) is 3.22. The molecule has 1 aliphatic heterocycles. The third-order valence-corrected chi connectivity index (χ3v) is 4.67. The van der Waals surface area contributed by atoms with Crippen molar-refractivity contribution < 1.29 is 14.3 Å². The average molecular weight is 325 g/mol. The Labute approximate surface area is 141 Å². The van der Waals surface area contributed by atoms with Crippen LogP contribution in [0.25, 0.3) is 0 Å². The Hall–Kier alpha value is -0.900. The highest BCUT2D eigenvalue weighted by Crippen LogP contribution is 2.16. The Kier molecular flexibility index (Phi) is 11.0. The Balaban J connectivity index is 2.05. The van der Waals surface area contributed by atoms with Gasteiger partial charge in [-0.25, -0.2) is 0 Å². The number of nitrogens with zero attached hydrogens (tertiary/aromatic N) is 1. The minimum Gasteiger partial charge on any atom is -0.466 e. The van der Waals surface area contributed by atoms with Gasteiger partial charge in [-0.15, -0.1) is 0 Å². The van der Waals surface area contributed by atoms with Crippen LogP contribution in [-0.2, 0) is 14.3 Å². The Bertz CT molecular complexity index is 338. The summed E-state index contributed by atoms with van der Waals surface area (Å²) in [5, 5.41) is 0. The largest absolute Gasteiger partial charge is 0.466 e. The molecule has 1 fully saturated rings. The van der Waals surface area contributed by atoms with Crippen LogP contribution >= 0.6 is 0 Å². The summed E-state index contributed by atoms with van der Waals surface area (Å²) in [4.78, 5) is 25.8. The molecule has 1 heterocycles.